The fraction of sp³-hybridized carbons (Fsp3) is 0.585. The third-order valence-corrected chi connectivity index (χ3v) is 11.3. The van der Waals surface area contributed by atoms with Gasteiger partial charge in [0.1, 0.15) is 13.2 Å². The van der Waals surface area contributed by atoms with E-state index in [1.165, 1.54) is 12.8 Å². The molecule has 0 aliphatic carbocycles. The average molecular weight is 980 g/mol. The van der Waals surface area contributed by atoms with E-state index in [2.05, 4.69) is 167 Å². The number of esters is 3. The van der Waals surface area contributed by atoms with E-state index in [1.54, 1.807) is 0 Å². The van der Waals surface area contributed by atoms with Crippen molar-refractivity contribution in [1.29, 1.82) is 0 Å². The van der Waals surface area contributed by atoms with Crippen LogP contribution in [0.1, 0.15) is 226 Å². The van der Waals surface area contributed by atoms with Crippen LogP contribution in [0.3, 0.4) is 0 Å². The predicted octanol–water partition coefficient (Wildman–Crippen LogP) is 19.2. The number of carbonyl (C=O) groups is 3. The minimum Gasteiger partial charge on any atom is -0.462 e. The van der Waals surface area contributed by atoms with Crippen molar-refractivity contribution in [3.05, 3.63) is 146 Å². The largest absolute Gasteiger partial charge is 0.462 e. The molecule has 0 aromatic carbocycles. The molecule has 0 N–H and O–H groups in total. The molecule has 0 bridgehead atoms. The standard InChI is InChI=1S/C65H102O6/c1-4-7-10-13-16-19-22-25-28-30-32-34-37-40-43-46-49-52-55-58-64(67)70-61-62(60-69-63(66)57-54-51-48-45-42-39-36-27-24-21-18-15-12-9-6-3)71-65(68)59-56-53-50-47-44-41-38-35-33-31-29-26-23-20-17-14-11-8-5-2/h7-12,16-21,25-29,32-36,40,43,62H,4-6,13-15,22-24,30-31,37-39,41-42,44-61H2,1-3H3/b10-7-,11-8-,12-9-,19-16-,20-17-,21-18-,28-25-,29-26-,34-32-,35-33-,36-27-,43-40-. The van der Waals surface area contributed by atoms with Gasteiger partial charge in [-0.15, -0.1) is 0 Å². The summed E-state index contributed by atoms with van der Waals surface area (Å²) in [5.41, 5.74) is 0. The maximum Gasteiger partial charge on any atom is 0.306 e. The van der Waals surface area contributed by atoms with Gasteiger partial charge in [0.2, 0.25) is 0 Å². The van der Waals surface area contributed by atoms with Crippen molar-refractivity contribution in [2.75, 3.05) is 13.2 Å². The van der Waals surface area contributed by atoms with Crippen LogP contribution in [0.5, 0.6) is 0 Å². The molecule has 0 saturated heterocycles. The summed E-state index contributed by atoms with van der Waals surface area (Å²) in [6.45, 7) is 6.23. The van der Waals surface area contributed by atoms with Gasteiger partial charge in [-0.05, 0) is 135 Å². The number of unbranched alkanes of at least 4 members (excludes halogenated alkanes) is 14. The maximum atomic E-state index is 12.9. The van der Waals surface area contributed by atoms with Gasteiger partial charge >= 0.3 is 17.9 Å². The molecule has 0 aromatic rings. The molecular weight excluding hydrogens is 877 g/mol. The summed E-state index contributed by atoms with van der Waals surface area (Å²) in [7, 11) is 0. The summed E-state index contributed by atoms with van der Waals surface area (Å²) in [6, 6.07) is 0. The lowest BCUT2D eigenvalue weighted by Crippen LogP contribution is -2.30. The number of rotatable bonds is 49. The molecular formula is C65H102O6. The minimum absolute atomic E-state index is 0.110. The summed E-state index contributed by atoms with van der Waals surface area (Å²) in [6.07, 6.45) is 82.6. The maximum absolute atomic E-state index is 12.9. The summed E-state index contributed by atoms with van der Waals surface area (Å²) in [4.78, 5) is 38.2. The number of allylic oxidation sites excluding steroid dienone is 24. The topological polar surface area (TPSA) is 78.9 Å². The Kier molecular flexibility index (Phi) is 54.0. The van der Waals surface area contributed by atoms with Crippen molar-refractivity contribution >= 4 is 17.9 Å². The van der Waals surface area contributed by atoms with Crippen molar-refractivity contribution in [3.63, 3.8) is 0 Å². The molecule has 398 valence electrons. The van der Waals surface area contributed by atoms with Crippen molar-refractivity contribution in [3.8, 4) is 0 Å². The molecule has 0 aliphatic rings. The van der Waals surface area contributed by atoms with Gasteiger partial charge in [0, 0.05) is 19.3 Å². The van der Waals surface area contributed by atoms with Gasteiger partial charge in [0.05, 0.1) is 0 Å². The molecule has 71 heavy (non-hydrogen) atoms. The number of hydrogen-bond donors (Lipinski definition) is 0. The Balaban J connectivity index is 4.53. The highest BCUT2D eigenvalue weighted by Crippen LogP contribution is 2.13. The Morgan fingerprint density at radius 1 is 0.282 bits per heavy atom. The van der Waals surface area contributed by atoms with E-state index in [1.807, 2.05) is 0 Å². The lowest BCUT2D eigenvalue weighted by atomic mass is 10.1. The quantitative estimate of drug-likeness (QED) is 0.0262. The third-order valence-electron chi connectivity index (χ3n) is 11.3. The Morgan fingerprint density at radius 3 is 0.803 bits per heavy atom. The van der Waals surface area contributed by atoms with Crippen LogP contribution in [0.2, 0.25) is 0 Å². The fourth-order valence-corrected chi connectivity index (χ4v) is 7.18. The van der Waals surface area contributed by atoms with Gasteiger partial charge in [0.15, 0.2) is 6.10 Å². The SMILES string of the molecule is CC/C=C\C/C=C\C/C=C\C/C=C\C/C=C\CCCCCC(=O)OCC(COC(=O)CCCCCCC/C=C\C/C=C\C/C=C\CC)OC(=O)CCCCCCCC/C=C\C/C=C\C/C=C\C/C=C\CC. The highest BCUT2D eigenvalue weighted by molar-refractivity contribution is 5.71. The van der Waals surface area contributed by atoms with E-state index in [4.69, 9.17) is 14.2 Å². The summed E-state index contributed by atoms with van der Waals surface area (Å²) < 4.78 is 16.8. The van der Waals surface area contributed by atoms with Crippen LogP contribution < -0.4 is 0 Å². The zero-order valence-electron chi connectivity index (χ0n) is 45.4. The summed E-state index contributed by atoms with van der Waals surface area (Å²) >= 11 is 0. The minimum atomic E-state index is -0.814. The van der Waals surface area contributed by atoms with E-state index < -0.39 is 6.10 Å². The van der Waals surface area contributed by atoms with Crippen molar-refractivity contribution in [1.82, 2.24) is 0 Å². The Hall–Kier alpha value is -4.71. The van der Waals surface area contributed by atoms with Gasteiger partial charge in [-0.25, -0.2) is 0 Å². The molecule has 1 atom stereocenters. The molecule has 0 amide bonds. The van der Waals surface area contributed by atoms with Gasteiger partial charge in [-0.3, -0.25) is 14.4 Å². The van der Waals surface area contributed by atoms with E-state index in [9.17, 15) is 14.4 Å². The Bertz CT molecular complexity index is 1590. The van der Waals surface area contributed by atoms with Crippen LogP contribution in [0, 0.1) is 0 Å². The molecule has 0 saturated carbocycles. The van der Waals surface area contributed by atoms with Gasteiger partial charge < -0.3 is 14.2 Å². The first-order valence-corrected chi connectivity index (χ1v) is 28.3. The number of carbonyl (C=O) groups excluding carboxylic acids is 3. The first-order valence-electron chi connectivity index (χ1n) is 28.3. The molecule has 1 unspecified atom stereocenters. The van der Waals surface area contributed by atoms with E-state index >= 15 is 0 Å². The van der Waals surface area contributed by atoms with Crippen LogP contribution in [-0.4, -0.2) is 37.2 Å². The predicted molar refractivity (Wildman–Crippen MR) is 306 cm³/mol. The fourth-order valence-electron chi connectivity index (χ4n) is 7.18. The number of hydrogen-bond acceptors (Lipinski definition) is 6. The Labute approximate surface area is 436 Å². The highest BCUT2D eigenvalue weighted by Gasteiger charge is 2.19. The lowest BCUT2D eigenvalue weighted by molar-refractivity contribution is -0.167. The van der Waals surface area contributed by atoms with E-state index in [0.717, 1.165) is 173 Å². The molecule has 0 aliphatic heterocycles. The van der Waals surface area contributed by atoms with Crippen molar-refractivity contribution in [2.24, 2.45) is 0 Å². The molecule has 6 nitrogen and oxygen atoms in total. The van der Waals surface area contributed by atoms with Crippen LogP contribution in [0.15, 0.2) is 146 Å². The molecule has 6 heteroatoms. The molecule has 0 radical (unpaired) electrons. The van der Waals surface area contributed by atoms with E-state index in [0.29, 0.717) is 19.3 Å². The van der Waals surface area contributed by atoms with Crippen LogP contribution in [-0.2, 0) is 28.6 Å². The number of ether oxygens (including phenoxy) is 3. The second-order valence-electron chi connectivity index (χ2n) is 18.0. The second kappa shape index (κ2) is 57.9. The lowest BCUT2D eigenvalue weighted by Gasteiger charge is -2.18. The zero-order valence-corrected chi connectivity index (χ0v) is 45.4. The third kappa shape index (κ3) is 56.1. The first kappa shape index (κ1) is 66.3. The first-order chi connectivity index (χ1) is 35.0. The van der Waals surface area contributed by atoms with Crippen molar-refractivity contribution < 1.29 is 28.6 Å². The van der Waals surface area contributed by atoms with Crippen molar-refractivity contribution in [2.45, 2.75) is 232 Å². The van der Waals surface area contributed by atoms with Gasteiger partial charge in [0.25, 0.3) is 0 Å². The molecule has 0 rings (SSSR count). The summed E-state index contributed by atoms with van der Waals surface area (Å²) in [5.74, 6) is -0.979. The second-order valence-corrected chi connectivity index (χ2v) is 18.0. The highest BCUT2D eigenvalue weighted by atomic mass is 16.6. The average Bonchev–Trinajstić information content (AvgIpc) is 3.37. The van der Waals surface area contributed by atoms with Gasteiger partial charge in [-0.1, -0.05) is 218 Å². The van der Waals surface area contributed by atoms with Gasteiger partial charge in [-0.2, -0.15) is 0 Å². The monoisotopic (exact) mass is 979 g/mol. The van der Waals surface area contributed by atoms with Crippen LogP contribution in [0.25, 0.3) is 0 Å². The Morgan fingerprint density at radius 2 is 0.507 bits per heavy atom. The van der Waals surface area contributed by atoms with Crippen LogP contribution >= 0.6 is 0 Å². The smallest absolute Gasteiger partial charge is 0.306 e. The van der Waals surface area contributed by atoms with Crippen LogP contribution in [0.4, 0.5) is 0 Å². The zero-order chi connectivity index (χ0) is 51.4. The normalized spacial score (nSPS) is 13.2. The molecule has 0 heterocycles. The molecule has 0 aromatic heterocycles. The summed E-state index contributed by atoms with van der Waals surface area (Å²) in [5, 5.41) is 0. The molecule has 0 fully saturated rings. The van der Waals surface area contributed by atoms with E-state index in [-0.39, 0.29) is 31.1 Å². The molecule has 0 spiro atoms.